The van der Waals surface area contributed by atoms with Crippen LogP contribution in [0.2, 0.25) is 5.15 Å². The minimum Gasteiger partial charge on any atom is -0.356 e. The van der Waals surface area contributed by atoms with Crippen molar-refractivity contribution < 1.29 is 4.39 Å². The number of rotatable bonds is 5. The Kier molecular flexibility index (Phi) is 5.00. The van der Waals surface area contributed by atoms with E-state index in [-0.39, 0.29) is 11.2 Å². The summed E-state index contributed by atoms with van der Waals surface area (Å²) in [5.41, 5.74) is 1.68. The predicted molar refractivity (Wildman–Crippen MR) is 94.8 cm³/mol. The van der Waals surface area contributed by atoms with Crippen molar-refractivity contribution in [3.05, 3.63) is 64.7 Å². The van der Waals surface area contributed by atoms with E-state index in [4.69, 9.17) is 11.6 Å². The number of halogens is 2. The first kappa shape index (κ1) is 16.7. The summed E-state index contributed by atoms with van der Waals surface area (Å²) >= 11 is 5.78. The van der Waals surface area contributed by atoms with Gasteiger partial charge in [-0.2, -0.15) is 0 Å². The fourth-order valence-electron chi connectivity index (χ4n) is 2.75. The van der Waals surface area contributed by atoms with Gasteiger partial charge in [0.05, 0.1) is 0 Å². The molecule has 0 spiro atoms. The minimum absolute atomic E-state index is 0.120. The van der Waals surface area contributed by atoms with Gasteiger partial charge in [0.2, 0.25) is 0 Å². The number of hydrogen-bond acceptors (Lipinski definition) is 2. The lowest BCUT2D eigenvalue weighted by atomic mass is 9.95. The Morgan fingerprint density at radius 1 is 1.25 bits per heavy atom. The molecule has 4 nitrogen and oxygen atoms in total. The van der Waals surface area contributed by atoms with E-state index in [1.807, 2.05) is 18.2 Å². The Labute approximate surface area is 146 Å². The zero-order valence-corrected chi connectivity index (χ0v) is 14.3. The number of guanidine groups is 1. The fraction of sp³-hybridized carbons (Fsp3) is 0.333. The normalized spacial score (nSPS) is 15.9. The van der Waals surface area contributed by atoms with Gasteiger partial charge in [0.15, 0.2) is 5.96 Å². The van der Waals surface area contributed by atoms with E-state index in [0.29, 0.717) is 24.2 Å². The van der Waals surface area contributed by atoms with Crippen molar-refractivity contribution in [2.24, 2.45) is 4.99 Å². The van der Waals surface area contributed by atoms with E-state index in [0.717, 1.165) is 24.0 Å². The molecule has 0 aliphatic heterocycles. The van der Waals surface area contributed by atoms with E-state index in [2.05, 4.69) is 20.6 Å². The molecule has 1 aliphatic rings. The van der Waals surface area contributed by atoms with E-state index in [1.165, 1.54) is 6.07 Å². The summed E-state index contributed by atoms with van der Waals surface area (Å²) in [4.78, 5) is 8.27. The third kappa shape index (κ3) is 3.85. The van der Waals surface area contributed by atoms with Crippen molar-refractivity contribution in [3.8, 4) is 0 Å². The minimum atomic E-state index is -0.132. The molecule has 0 bridgehead atoms. The Hall–Kier alpha value is -2.14. The third-order valence-electron chi connectivity index (χ3n) is 4.37. The molecule has 1 aromatic carbocycles. The van der Waals surface area contributed by atoms with Crippen LogP contribution in [0.4, 0.5) is 4.39 Å². The van der Waals surface area contributed by atoms with Crippen molar-refractivity contribution >= 4 is 17.6 Å². The van der Waals surface area contributed by atoms with Gasteiger partial charge in [0.1, 0.15) is 11.0 Å². The molecular formula is C18H20ClFN4. The van der Waals surface area contributed by atoms with Gasteiger partial charge in [-0.25, -0.2) is 9.37 Å². The molecule has 0 atom stereocenters. The zero-order valence-electron chi connectivity index (χ0n) is 13.5. The van der Waals surface area contributed by atoms with Crippen molar-refractivity contribution in [3.63, 3.8) is 0 Å². The molecule has 6 heteroatoms. The van der Waals surface area contributed by atoms with Crippen LogP contribution in [0.1, 0.15) is 24.0 Å². The number of hydrogen-bond donors (Lipinski definition) is 2. The first-order valence-electron chi connectivity index (χ1n) is 7.93. The first-order chi connectivity index (χ1) is 11.6. The maximum Gasteiger partial charge on any atom is 0.191 e. The molecule has 24 heavy (non-hydrogen) atoms. The van der Waals surface area contributed by atoms with Gasteiger partial charge in [0, 0.05) is 31.7 Å². The van der Waals surface area contributed by atoms with Crippen molar-refractivity contribution in [2.75, 3.05) is 13.6 Å². The highest BCUT2D eigenvalue weighted by atomic mass is 35.5. The summed E-state index contributed by atoms with van der Waals surface area (Å²) in [7, 11) is 1.72. The predicted octanol–water partition coefficient (Wildman–Crippen LogP) is 3.27. The highest BCUT2D eigenvalue weighted by Gasteiger charge is 2.45. The van der Waals surface area contributed by atoms with Crippen molar-refractivity contribution in [1.82, 2.24) is 15.6 Å². The van der Waals surface area contributed by atoms with Crippen LogP contribution in [0.3, 0.4) is 0 Å². The highest BCUT2D eigenvalue weighted by molar-refractivity contribution is 6.29. The summed E-state index contributed by atoms with van der Waals surface area (Å²) < 4.78 is 14.0. The average molecular weight is 347 g/mol. The molecular weight excluding hydrogens is 327 g/mol. The van der Waals surface area contributed by atoms with Crippen LogP contribution in [0.5, 0.6) is 0 Å². The Bertz CT molecular complexity index is 726. The van der Waals surface area contributed by atoms with Crippen LogP contribution in [0.15, 0.2) is 47.6 Å². The molecule has 0 unspecified atom stereocenters. The number of nitrogens with zero attached hydrogens (tertiary/aromatic N) is 2. The third-order valence-corrected chi connectivity index (χ3v) is 4.59. The van der Waals surface area contributed by atoms with Gasteiger partial charge >= 0.3 is 0 Å². The molecule has 3 rings (SSSR count). The Morgan fingerprint density at radius 3 is 2.67 bits per heavy atom. The first-order valence-corrected chi connectivity index (χ1v) is 8.31. The zero-order chi connectivity index (χ0) is 17.0. The molecule has 2 N–H and O–H groups in total. The van der Waals surface area contributed by atoms with Gasteiger partial charge in [-0.15, -0.1) is 0 Å². The van der Waals surface area contributed by atoms with Gasteiger partial charge < -0.3 is 10.6 Å². The van der Waals surface area contributed by atoms with E-state index in [1.54, 1.807) is 25.4 Å². The molecule has 1 aliphatic carbocycles. The maximum absolute atomic E-state index is 14.0. The summed E-state index contributed by atoms with van der Waals surface area (Å²) in [5.74, 6) is 0.555. The average Bonchev–Trinajstić information content (AvgIpc) is 3.38. The van der Waals surface area contributed by atoms with Crippen LogP contribution in [-0.2, 0) is 12.0 Å². The number of pyridine rings is 1. The molecule has 126 valence electrons. The van der Waals surface area contributed by atoms with E-state index in [9.17, 15) is 4.39 Å². The van der Waals surface area contributed by atoms with Crippen molar-refractivity contribution in [2.45, 2.75) is 24.8 Å². The van der Waals surface area contributed by atoms with Crippen LogP contribution in [0.25, 0.3) is 0 Å². The van der Waals surface area contributed by atoms with Gasteiger partial charge in [0.25, 0.3) is 0 Å². The Balaban J connectivity index is 1.57. The van der Waals surface area contributed by atoms with Gasteiger partial charge in [-0.05, 0) is 36.1 Å². The quantitative estimate of drug-likeness (QED) is 0.496. The molecule has 0 radical (unpaired) electrons. The number of aromatic nitrogens is 1. The van der Waals surface area contributed by atoms with Crippen molar-refractivity contribution in [1.29, 1.82) is 0 Å². The lowest BCUT2D eigenvalue weighted by Crippen LogP contribution is -2.41. The standard InChI is InChI=1S/C18H20ClFN4/c1-21-17(23-11-13-6-7-16(19)22-10-13)24-12-18(8-9-18)14-4-2-3-5-15(14)20/h2-7,10H,8-9,11-12H2,1H3,(H2,21,23,24). The molecule has 2 aromatic rings. The second-order valence-corrected chi connectivity index (χ2v) is 6.42. The van der Waals surface area contributed by atoms with Crippen LogP contribution >= 0.6 is 11.6 Å². The SMILES string of the molecule is CN=C(NCc1ccc(Cl)nc1)NCC1(c2ccccc2F)CC1. The van der Waals surface area contributed by atoms with Gasteiger partial charge in [-0.1, -0.05) is 35.9 Å². The molecule has 0 saturated heterocycles. The molecule has 1 fully saturated rings. The topological polar surface area (TPSA) is 49.3 Å². The summed E-state index contributed by atoms with van der Waals surface area (Å²) in [6.07, 6.45) is 3.70. The summed E-state index contributed by atoms with van der Waals surface area (Å²) in [6, 6.07) is 10.7. The van der Waals surface area contributed by atoms with E-state index < -0.39 is 0 Å². The monoisotopic (exact) mass is 346 g/mol. The summed E-state index contributed by atoms with van der Waals surface area (Å²) in [5, 5.41) is 7.01. The van der Waals surface area contributed by atoms with Crippen LogP contribution < -0.4 is 10.6 Å². The smallest absolute Gasteiger partial charge is 0.191 e. The van der Waals surface area contributed by atoms with Crippen LogP contribution in [-0.4, -0.2) is 24.5 Å². The number of benzene rings is 1. The molecule has 1 aromatic heterocycles. The maximum atomic E-state index is 14.0. The van der Waals surface area contributed by atoms with Gasteiger partial charge in [-0.3, -0.25) is 4.99 Å². The highest BCUT2D eigenvalue weighted by Crippen LogP contribution is 2.48. The second-order valence-electron chi connectivity index (χ2n) is 6.03. The number of nitrogens with one attached hydrogen (secondary N) is 2. The molecule has 1 heterocycles. The number of aliphatic imine (C=N–C) groups is 1. The Morgan fingerprint density at radius 2 is 2.04 bits per heavy atom. The summed E-state index contributed by atoms with van der Waals surface area (Å²) in [6.45, 7) is 1.25. The largest absolute Gasteiger partial charge is 0.356 e. The lowest BCUT2D eigenvalue weighted by Gasteiger charge is -2.19. The van der Waals surface area contributed by atoms with E-state index >= 15 is 0 Å². The fourth-order valence-corrected chi connectivity index (χ4v) is 2.87. The second kappa shape index (κ2) is 7.18. The lowest BCUT2D eigenvalue weighted by molar-refractivity contribution is 0.559. The molecule has 0 amide bonds. The van der Waals surface area contributed by atoms with Crippen LogP contribution in [0, 0.1) is 5.82 Å². The molecule has 1 saturated carbocycles.